The second-order valence-corrected chi connectivity index (χ2v) is 4.52. The number of benzene rings is 1. The lowest BCUT2D eigenvalue weighted by Crippen LogP contribution is -2.15. The maximum atomic E-state index is 12.1. The molecule has 2 N–H and O–H groups in total. The van der Waals surface area contributed by atoms with Crippen molar-refractivity contribution in [2.45, 2.75) is 6.92 Å². The number of aromatic carboxylic acids is 1. The van der Waals surface area contributed by atoms with Gasteiger partial charge < -0.3 is 10.4 Å². The smallest absolute Gasteiger partial charge is 0.337 e. The molecule has 1 aromatic carbocycles. The molecule has 0 aliphatic rings. The summed E-state index contributed by atoms with van der Waals surface area (Å²) in [5, 5.41) is 11.8. The van der Waals surface area contributed by atoms with Crippen molar-refractivity contribution in [3.05, 3.63) is 58.4 Å². The topological polar surface area (TPSA) is 79.3 Å². The highest BCUT2D eigenvalue weighted by atomic mass is 35.5. The highest BCUT2D eigenvalue weighted by Gasteiger charge is 2.15. The molecule has 0 unspecified atom stereocenters. The van der Waals surface area contributed by atoms with Crippen LogP contribution in [-0.2, 0) is 0 Å². The molecule has 2 rings (SSSR count). The Balaban J connectivity index is 2.30. The van der Waals surface area contributed by atoms with Gasteiger partial charge in [0.05, 0.1) is 21.8 Å². The van der Waals surface area contributed by atoms with E-state index in [-0.39, 0.29) is 21.8 Å². The van der Waals surface area contributed by atoms with E-state index in [1.807, 2.05) is 0 Å². The highest BCUT2D eigenvalue weighted by molar-refractivity contribution is 6.34. The minimum atomic E-state index is -1.12. The monoisotopic (exact) mass is 290 g/mol. The summed E-state index contributed by atoms with van der Waals surface area (Å²) >= 11 is 5.98. The van der Waals surface area contributed by atoms with Gasteiger partial charge in [0.25, 0.3) is 5.91 Å². The number of aromatic nitrogens is 1. The zero-order chi connectivity index (χ0) is 14.7. The number of nitrogens with one attached hydrogen (secondary N) is 1. The van der Waals surface area contributed by atoms with Crippen LogP contribution < -0.4 is 5.32 Å². The first kappa shape index (κ1) is 14.0. The van der Waals surface area contributed by atoms with Gasteiger partial charge in [-0.2, -0.15) is 0 Å². The first-order valence-electron chi connectivity index (χ1n) is 5.75. The van der Waals surface area contributed by atoms with Crippen molar-refractivity contribution in [2.24, 2.45) is 0 Å². The third-order valence-electron chi connectivity index (χ3n) is 2.64. The van der Waals surface area contributed by atoms with Crippen LogP contribution in [0.2, 0.25) is 5.02 Å². The van der Waals surface area contributed by atoms with Gasteiger partial charge in [-0.25, -0.2) is 4.79 Å². The Labute approximate surface area is 120 Å². The number of para-hydroxylation sites is 1. The molecule has 5 nitrogen and oxygen atoms in total. The summed E-state index contributed by atoms with van der Waals surface area (Å²) in [6.07, 6.45) is 1.36. The van der Waals surface area contributed by atoms with Gasteiger partial charge in [-0.3, -0.25) is 9.78 Å². The van der Waals surface area contributed by atoms with Gasteiger partial charge in [0.1, 0.15) is 0 Å². The summed E-state index contributed by atoms with van der Waals surface area (Å²) in [4.78, 5) is 27.2. The molecule has 0 aliphatic carbocycles. The van der Waals surface area contributed by atoms with Gasteiger partial charge in [0.15, 0.2) is 0 Å². The average Bonchev–Trinajstić information content (AvgIpc) is 2.38. The highest BCUT2D eigenvalue weighted by Crippen LogP contribution is 2.20. The Bertz CT molecular complexity index is 686. The second kappa shape index (κ2) is 5.71. The molecular formula is C14H11ClN2O3. The average molecular weight is 291 g/mol. The van der Waals surface area contributed by atoms with Crippen molar-refractivity contribution in [1.82, 2.24) is 4.98 Å². The van der Waals surface area contributed by atoms with Crippen LogP contribution in [0.1, 0.15) is 26.4 Å². The third kappa shape index (κ3) is 2.95. The van der Waals surface area contributed by atoms with Crippen molar-refractivity contribution >= 4 is 29.2 Å². The van der Waals surface area contributed by atoms with E-state index in [1.54, 1.807) is 25.1 Å². The van der Waals surface area contributed by atoms with Crippen LogP contribution in [0, 0.1) is 6.92 Å². The standard InChI is InChI=1S/C14H11ClN2O3/c1-8-6-11(15)10(7-16-8)13(18)17-12-5-3-2-4-9(12)14(19)20/h2-7H,1H3,(H,17,18)(H,19,20). The molecule has 20 heavy (non-hydrogen) atoms. The summed E-state index contributed by atoms with van der Waals surface area (Å²) in [5.74, 6) is -1.62. The van der Waals surface area contributed by atoms with Crippen LogP contribution in [0.3, 0.4) is 0 Å². The summed E-state index contributed by atoms with van der Waals surface area (Å²) in [5.41, 5.74) is 1.11. The summed E-state index contributed by atoms with van der Waals surface area (Å²) in [7, 11) is 0. The SMILES string of the molecule is Cc1cc(Cl)c(C(=O)Nc2ccccc2C(=O)O)cn1. The number of pyridine rings is 1. The Morgan fingerprint density at radius 2 is 1.95 bits per heavy atom. The number of rotatable bonds is 3. The van der Waals surface area contributed by atoms with E-state index < -0.39 is 11.9 Å². The molecule has 0 fully saturated rings. The number of carbonyl (C=O) groups is 2. The van der Waals surface area contributed by atoms with Crippen LogP contribution >= 0.6 is 11.6 Å². The lowest BCUT2D eigenvalue weighted by atomic mass is 10.1. The first-order valence-corrected chi connectivity index (χ1v) is 6.12. The van der Waals surface area contributed by atoms with Gasteiger partial charge in [0.2, 0.25) is 0 Å². The molecule has 2 aromatic rings. The molecule has 0 spiro atoms. The van der Waals surface area contributed by atoms with Gasteiger partial charge in [-0.1, -0.05) is 23.7 Å². The molecule has 0 radical (unpaired) electrons. The largest absolute Gasteiger partial charge is 0.478 e. The third-order valence-corrected chi connectivity index (χ3v) is 2.95. The van der Waals surface area contributed by atoms with Crippen LogP contribution in [-0.4, -0.2) is 22.0 Å². The fourth-order valence-electron chi connectivity index (χ4n) is 1.66. The predicted octanol–water partition coefficient (Wildman–Crippen LogP) is 2.99. The van der Waals surface area contributed by atoms with E-state index in [0.717, 1.165) is 0 Å². The van der Waals surface area contributed by atoms with Crippen LogP contribution in [0.4, 0.5) is 5.69 Å². The van der Waals surface area contributed by atoms with Crippen molar-refractivity contribution in [2.75, 3.05) is 5.32 Å². The minimum absolute atomic E-state index is 0.0112. The van der Waals surface area contributed by atoms with E-state index in [4.69, 9.17) is 16.7 Å². The van der Waals surface area contributed by atoms with E-state index >= 15 is 0 Å². The molecule has 1 heterocycles. The maximum Gasteiger partial charge on any atom is 0.337 e. The summed E-state index contributed by atoms with van der Waals surface area (Å²) < 4.78 is 0. The van der Waals surface area contributed by atoms with Crippen molar-refractivity contribution in [3.63, 3.8) is 0 Å². The van der Waals surface area contributed by atoms with Crippen molar-refractivity contribution < 1.29 is 14.7 Å². The molecule has 102 valence electrons. The normalized spacial score (nSPS) is 10.1. The van der Waals surface area contributed by atoms with E-state index in [2.05, 4.69) is 10.3 Å². The predicted molar refractivity (Wildman–Crippen MR) is 75.3 cm³/mol. The Morgan fingerprint density at radius 1 is 1.25 bits per heavy atom. The number of carbonyl (C=O) groups excluding carboxylic acids is 1. The molecule has 1 aromatic heterocycles. The number of aryl methyl sites for hydroxylation is 1. The lowest BCUT2D eigenvalue weighted by Gasteiger charge is -2.09. The zero-order valence-corrected chi connectivity index (χ0v) is 11.3. The molecule has 1 amide bonds. The van der Waals surface area contributed by atoms with Crippen LogP contribution in [0.15, 0.2) is 36.5 Å². The maximum absolute atomic E-state index is 12.1. The first-order chi connectivity index (χ1) is 9.49. The van der Waals surface area contributed by atoms with Gasteiger partial charge in [-0.15, -0.1) is 0 Å². The van der Waals surface area contributed by atoms with E-state index in [0.29, 0.717) is 5.69 Å². The summed E-state index contributed by atoms with van der Waals surface area (Å²) in [6.45, 7) is 1.76. The number of carboxylic acid groups (broad SMARTS) is 1. The lowest BCUT2D eigenvalue weighted by molar-refractivity contribution is 0.0698. The van der Waals surface area contributed by atoms with E-state index in [9.17, 15) is 9.59 Å². The van der Waals surface area contributed by atoms with Crippen molar-refractivity contribution in [1.29, 1.82) is 0 Å². The Kier molecular flexibility index (Phi) is 4.00. The number of carboxylic acids is 1. The fraction of sp³-hybridized carbons (Fsp3) is 0.0714. The zero-order valence-electron chi connectivity index (χ0n) is 10.6. The number of hydrogen-bond donors (Lipinski definition) is 2. The molecule has 0 aliphatic heterocycles. The number of nitrogens with zero attached hydrogens (tertiary/aromatic N) is 1. The number of amides is 1. The number of hydrogen-bond acceptors (Lipinski definition) is 3. The molecule has 0 bridgehead atoms. The Hall–Kier alpha value is -2.40. The second-order valence-electron chi connectivity index (χ2n) is 4.11. The van der Waals surface area contributed by atoms with Gasteiger partial charge in [0, 0.05) is 11.9 Å². The van der Waals surface area contributed by atoms with Crippen molar-refractivity contribution in [3.8, 4) is 0 Å². The number of anilines is 1. The number of halogens is 1. The molecule has 0 saturated heterocycles. The molecular weight excluding hydrogens is 280 g/mol. The summed E-state index contributed by atoms with van der Waals surface area (Å²) in [6, 6.07) is 7.71. The van der Waals surface area contributed by atoms with Crippen LogP contribution in [0.25, 0.3) is 0 Å². The minimum Gasteiger partial charge on any atom is -0.478 e. The molecule has 0 saturated carbocycles. The van der Waals surface area contributed by atoms with E-state index in [1.165, 1.54) is 18.3 Å². The quantitative estimate of drug-likeness (QED) is 0.911. The van der Waals surface area contributed by atoms with Gasteiger partial charge >= 0.3 is 5.97 Å². The van der Waals surface area contributed by atoms with Crippen LogP contribution in [0.5, 0.6) is 0 Å². The Morgan fingerprint density at radius 3 is 2.60 bits per heavy atom. The molecule has 0 atom stereocenters. The molecule has 6 heteroatoms. The fourth-order valence-corrected chi connectivity index (χ4v) is 1.95. The van der Waals surface area contributed by atoms with Gasteiger partial charge in [-0.05, 0) is 25.1 Å².